The van der Waals surface area contributed by atoms with Crippen LogP contribution in [0.5, 0.6) is 0 Å². The Labute approximate surface area is 137 Å². The van der Waals surface area contributed by atoms with E-state index in [0.717, 1.165) is 12.8 Å². The zero-order chi connectivity index (χ0) is 16.9. The van der Waals surface area contributed by atoms with Crippen LogP contribution < -0.4 is 4.72 Å². The number of halogens is 1. The predicted octanol–water partition coefficient (Wildman–Crippen LogP) is 2.90. The molecule has 124 valence electrons. The molecule has 0 bridgehead atoms. The number of benzene rings is 1. The summed E-state index contributed by atoms with van der Waals surface area (Å²) in [7, 11) is -1.97. The number of hydrogen-bond acceptors (Lipinski definition) is 3. The lowest BCUT2D eigenvalue weighted by atomic mass is 10.2. The largest absolute Gasteiger partial charge is 0.342 e. The van der Waals surface area contributed by atoms with Crippen LogP contribution in [0.15, 0.2) is 23.1 Å². The zero-order valence-electron chi connectivity index (χ0n) is 13.4. The minimum Gasteiger partial charge on any atom is -0.342 e. The summed E-state index contributed by atoms with van der Waals surface area (Å²) in [6.45, 7) is 6.11. The van der Waals surface area contributed by atoms with Gasteiger partial charge in [0.2, 0.25) is 10.0 Å². The van der Waals surface area contributed by atoms with Crippen LogP contribution in [0.25, 0.3) is 0 Å². The average molecular weight is 347 g/mol. The van der Waals surface area contributed by atoms with Crippen molar-refractivity contribution < 1.29 is 13.2 Å². The molecule has 0 aromatic heterocycles. The predicted molar refractivity (Wildman–Crippen MR) is 88.8 cm³/mol. The van der Waals surface area contributed by atoms with Gasteiger partial charge in [-0.3, -0.25) is 4.79 Å². The molecule has 0 aliphatic carbocycles. The molecule has 0 radical (unpaired) electrons. The smallest absolute Gasteiger partial charge is 0.255 e. The third-order valence-corrected chi connectivity index (χ3v) is 5.05. The van der Waals surface area contributed by atoms with Crippen LogP contribution in [0.4, 0.5) is 0 Å². The number of nitrogens with zero attached hydrogens (tertiary/aromatic N) is 1. The van der Waals surface area contributed by atoms with E-state index in [0.29, 0.717) is 6.54 Å². The topological polar surface area (TPSA) is 66.5 Å². The number of nitrogens with one attached hydrogen (secondary N) is 1. The van der Waals surface area contributed by atoms with E-state index in [1.165, 1.54) is 18.2 Å². The summed E-state index contributed by atoms with van der Waals surface area (Å²) in [5.41, 5.74) is 0.201. The first kappa shape index (κ1) is 18.9. The Bertz CT molecular complexity index is 630. The molecule has 5 nitrogen and oxygen atoms in total. The van der Waals surface area contributed by atoms with E-state index >= 15 is 0 Å². The van der Waals surface area contributed by atoms with E-state index in [-0.39, 0.29) is 27.4 Å². The maximum atomic E-state index is 12.4. The SMILES string of the molecule is CCCCN(C)C(=O)c1cc(S(=O)(=O)NC(C)C)ccc1Cl. The fourth-order valence-corrected chi connectivity index (χ4v) is 3.39. The van der Waals surface area contributed by atoms with Gasteiger partial charge in [0.05, 0.1) is 15.5 Å². The molecule has 0 saturated heterocycles. The number of carbonyl (C=O) groups is 1. The standard InChI is InChI=1S/C15H23ClN2O3S/c1-5-6-9-18(4)15(19)13-10-12(7-8-14(13)16)22(20,21)17-11(2)3/h7-8,10-11,17H,5-6,9H2,1-4H3. The molecular weight excluding hydrogens is 324 g/mol. The number of rotatable bonds is 7. The Morgan fingerprint density at radius 1 is 1.36 bits per heavy atom. The van der Waals surface area contributed by atoms with Crippen LogP contribution in [0.2, 0.25) is 5.02 Å². The lowest BCUT2D eigenvalue weighted by molar-refractivity contribution is 0.0793. The second kappa shape index (κ2) is 7.94. The van der Waals surface area contributed by atoms with Crippen molar-refractivity contribution in [2.24, 2.45) is 0 Å². The highest BCUT2D eigenvalue weighted by Crippen LogP contribution is 2.22. The van der Waals surface area contributed by atoms with Gasteiger partial charge < -0.3 is 4.90 Å². The molecule has 1 amide bonds. The van der Waals surface area contributed by atoms with Crippen molar-refractivity contribution in [3.63, 3.8) is 0 Å². The van der Waals surface area contributed by atoms with Crippen molar-refractivity contribution >= 4 is 27.5 Å². The van der Waals surface area contributed by atoms with Crippen molar-refractivity contribution in [2.45, 2.75) is 44.6 Å². The highest BCUT2D eigenvalue weighted by Gasteiger charge is 2.21. The number of sulfonamides is 1. The molecule has 1 aromatic rings. The monoisotopic (exact) mass is 346 g/mol. The van der Waals surface area contributed by atoms with Gasteiger partial charge in [-0.05, 0) is 38.5 Å². The van der Waals surface area contributed by atoms with Gasteiger partial charge in [-0.15, -0.1) is 0 Å². The van der Waals surface area contributed by atoms with E-state index < -0.39 is 10.0 Å². The molecule has 1 aromatic carbocycles. The molecule has 0 unspecified atom stereocenters. The molecule has 0 aliphatic heterocycles. The fourth-order valence-electron chi connectivity index (χ4n) is 1.92. The maximum Gasteiger partial charge on any atom is 0.255 e. The summed E-state index contributed by atoms with van der Waals surface area (Å²) < 4.78 is 26.9. The maximum absolute atomic E-state index is 12.4. The zero-order valence-corrected chi connectivity index (χ0v) is 15.0. The second-order valence-electron chi connectivity index (χ2n) is 5.50. The van der Waals surface area contributed by atoms with E-state index in [2.05, 4.69) is 4.72 Å². The highest BCUT2D eigenvalue weighted by molar-refractivity contribution is 7.89. The number of carbonyl (C=O) groups excluding carboxylic acids is 1. The average Bonchev–Trinajstić information content (AvgIpc) is 2.42. The van der Waals surface area contributed by atoms with E-state index in [9.17, 15) is 13.2 Å². The fraction of sp³-hybridized carbons (Fsp3) is 0.533. The molecule has 0 heterocycles. The van der Waals surface area contributed by atoms with Gasteiger partial charge >= 0.3 is 0 Å². The summed E-state index contributed by atoms with van der Waals surface area (Å²) in [6.07, 6.45) is 1.85. The highest BCUT2D eigenvalue weighted by atomic mass is 35.5. The van der Waals surface area contributed by atoms with Crippen LogP contribution in [-0.2, 0) is 10.0 Å². The van der Waals surface area contributed by atoms with Crippen molar-refractivity contribution in [1.29, 1.82) is 0 Å². The van der Waals surface area contributed by atoms with Gasteiger partial charge in [0, 0.05) is 19.6 Å². The molecule has 0 spiro atoms. The number of hydrogen-bond donors (Lipinski definition) is 1. The number of amides is 1. The Morgan fingerprint density at radius 2 is 2.00 bits per heavy atom. The molecule has 7 heteroatoms. The molecule has 1 rings (SSSR count). The van der Waals surface area contributed by atoms with Crippen LogP contribution in [0.3, 0.4) is 0 Å². The van der Waals surface area contributed by atoms with Crippen LogP contribution in [-0.4, -0.2) is 38.9 Å². The Balaban J connectivity index is 3.12. The van der Waals surface area contributed by atoms with Gasteiger partial charge in [-0.2, -0.15) is 0 Å². The molecule has 0 atom stereocenters. The van der Waals surface area contributed by atoms with Crippen LogP contribution >= 0.6 is 11.6 Å². The third kappa shape index (κ3) is 4.97. The molecular formula is C15H23ClN2O3S. The molecule has 1 N–H and O–H groups in total. The van der Waals surface area contributed by atoms with E-state index in [1.807, 2.05) is 6.92 Å². The normalized spacial score (nSPS) is 11.7. The van der Waals surface area contributed by atoms with Gasteiger partial charge in [-0.1, -0.05) is 24.9 Å². The van der Waals surface area contributed by atoms with Crippen molar-refractivity contribution in [2.75, 3.05) is 13.6 Å². The first-order chi connectivity index (χ1) is 10.2. The summed E-state index contributed by atoms with van der Waals surface area (Å²) in [6, 6.07) is 3.94. The van der Waals surface area contributed by atoms with Crippen molar-refractivity contribution in [3.8, 4) is 0 Å². The van der Waals surface area contributed by atoms with Gasteiger partial charge in [0.1, 0.15) is 0 Å². The van der Waals surface area contributed by atoms with E-state index in [4.69, 9.17) is 11.6 Å². The summed E-state index contributed by atoms with van der Waals surface area (Å²) >= 11 is 6.06. The Hall–Kier alpha value is -1.11. The summed E-state index contributed by atoms with van der Waals surface area (Å²) in [5, 5.41) is 0.247. The van der Waals surface area contributed by atoms with Gasteiger partial charge in [-0.25, -0.2) is 13.1 Å². The lowest BCUT2D eigenvalue weighted by Gasteiger charge is -2.18. The Kier molecular flexibility index (Phi) is 6.84. The van der Waals surface area contributed by atoms with Crippen molar-refractivity contribution in [1.82, 2.24) is 9.62 Å². The van der Waals surface area contributed by atoms with Gasteiger partial charge in [0.25, 0.3) is 5.91 Å². The molecule has 0 saturated carbocycles. The third-order valence-electron chi connectivity index (χ3n) is 3.06. The quantitative estimate of drug-likeness (QED) is 0.825. The van der Waals surface area contributed by atoms with Gasteiger partial charge in [0.15, 0.2) is 0 Å². The minimum atomic E-state index is -3.65. The first-order valence-electron chi connectivity index (χ1n) is 7.26. The van der Waals surface area contributed by atoms with Crippen LogP contribution in [0.1, 0.15) is 44.0 Å². The van der Waals surface area contributed by atoms with E-state index in [1.54, 1.807) is 25.8 Å². The lowest BCUT2D eigenvalue weighted by Crippen LogP contribution is -2.31. The summed E-state index contributed by atoms with van der Waals surface area (Å²) in [4.78, 5) is 14.0. The Morgan fingerprint density at radius 3 is 2.55 bits per heavy atom. The first-order valence-corrected chi connectivity index (χ1v) is 9.12. The number of unbranched alkanes of at least 4 members (excludes halogenated alkanes) is 1. The molecule has 0 fully saturated rings. The summed E-state index contributed by atoms with van der Waals surface area (Å²) in [5.74, 6) is -0.278. The molecule has 22 heavy (non-hydrogen) atoms. The van der Waals surface area contributed by atoms with Crippen molar-refractivity contribution in [3.05, 3.63) is 28.8 Å². The van der Waals surface area contributed by atoms with Crippen LogP contribution in [0, 0.1) is 0 Å². The molecule has 0 aliphatic rings. The second-order valence-corrected chi connectivity index (χ2v) is 7.62. The minimum absolute atomic E-state index is 0.0397.